The van der Waals surface area contributed by atoms with Crippen LogP contribution in [0.1, 0.15) is 51.9 Å². The van der Waals surface area contributed by atoms with Gasteiger partial charge in [0.25, 0.3) is 5.54 Å². The molecule has 0 radical (unpaired) electrons. The van der Waals surface area contributed by atoms with Crippen molar-refractivity contribution < 1.29 is 9.72 Å². The fourth-order valence-electron chi connectivity index (χ4n) is 2.15. The molecule has 4 heteroatoms. The summed E-state index contributed by atoms with van der Waals surface area (Å²) in [5, 5.41) is 11.0. The molecule has 0 unspecified atom stereocenters. The number of hydrogen-bond donors (Lipinski definition) is 0. The van der Waals surface area contributed by atoms with Gasteiger partial charge in [0.05, 0.1) is 0 Å². The van der Waals surface area contributed by atoms with Gasteiger partial charge >= 0.3 is 0 Å². The monoisotopic (exact) mass is 199 g/mol. The molecule has 0 spiro atoms. The van der Waals surface area contributed by atoms with Crippen LogP contribution in [0.3, 0.4) is 0 Å². The molecule has 1 saturated carbocycles. The summed E-state index contributed by atoms with van der Waals surface area (Å²) < 4.78 is 0. The van der Waals surface area contributed by atoms with Crippen LogP contribution in [0.5, 0.6) is 0 Å². The van der Waals surface area contributed by atoms with Crippen molar-refractivity contribution in [2.45, 2.75) is 57.4 Å². The van der Waals surface area contributed by atoms with E-state index in [4.69, 9.17) is 0 Å². The first-order chi connectivity index (χ1) is 6.59. The maximum absolute atomic E-state index is 11.4. The van der Waals surface area contributed by atoms with E-state index in [1.54, 1.807) is 0 Å². The van der Waals surface area contributed by atoms with Gasteiger partial charge in [-0.3, -0.25) is 14.9 Å². The molecule has 0 atom stereocenters. The normalized spacial score (nSPS) is 22.1. The fraction of sp³-hybridized carbons (Fsp3) is 0.900. The van der Waals surface area contributed by atoms with Crippen molar-refractivity contribution >= 4 is 5.78 Å². The Morgan fingerprint density at radius 3 is 1.93 bits per heavy atom. The highest BCUT2D eigenvalue weighted by Gasteiger charge is 2.46. The van der Waals surface area contributed by atoms with Gasteiger partial charge in [0.2, 0.25) is 5.78 Å². The number of hydrogen-bond acceptors (Lipinski definition) is 3. The second-order valence-electron chi connectivity index (χ2n) is 4.11. The second-order valence-corrected chi connectivity index (χ2v) is 4.11. The molecule has 0 aromatic carbocycles. The Balaban J connectivity index is 2.81. The summed E-state index contributed by atoms with van der Waals surface area (Å²) in [5.74, 6) is -0.274. The Bertz CT molecular complexity index is 214. The molecule has 0 aliphatic heterocycles. The van der Waals surface area contributed by atoms with Crippen LogP contribution in [0, 0.1) is 10.1 Å². The summed E-state index contributed by atoms with van der Waals surface area (Å²) in [5.41, 5.74) is -1.26. The van der Waals surface area contributed by atoms with Crippen molar-refractivity contribution in [1.29, 1.82) is 0 Å². The van der Waals surface area contributed by atoms with Gasteiger partial charge in [0.15, 0.2) is 0 Å². The van der Waals surface area contributed by atoms with Crippen LogP contribution in [0.15, 0.2) is 0 Å². The fourth-order valence-corrected chi connectivity index (χ4v) is 2.15. The maximum Gasteiger partial charge on any atom is 0.278 e. The van der Waals surface area contributed by atoms with E-state index in [2.05, 4.69) is 0 Å². The van der Waals surface area contributed by atoms with Crippen LogP contribution in [0.4, 0.5) is 0 Å². The molecule has 0 heterocycles. The molecule has 1 aliphatic carbocycles. The van der Waals surface area contributed by atoms with Crippen LogP contribution in [-0.2, 0) is 4.79 Å². The van der Waals surface area contributed by atoms with Crippen LogP contribution < -0.4 is 0 Å². The third-order valence-electron chi connectivity index (χ3n) is 3.19. The molecule has 0 aromatic heterocycles. The molecule has 0 bridgehead atoms. The standard InChI is InChI=1S/C10H17NO3/c1-9(12)10(11(13)14)7-5-3-2-4-6-8-10/h2-8H2,1H3. The van der Waals surface area contributed by atoms with Crippen molar-refractivity contribution in [2.75, 3.05) is 0 Å². The van der Waals surface area contributed by atoms with Gasteiger partial charge in [0.1, 0.15) is 0 Å². The van der Waals surface area contributed by atoms with E-state index in [1.807, 2.05) is 0 Å². The van der Waals surface area contributed by atoms with E-state index in [-0.39, 0.29) is 10.7 Å². The molecule has 80 valence electrons. The molecule has 1 aliphatic rings. The average molecular weight is 199 g/mol. The third-order valence-corrected chi connectivity index (χ3v) is 3.19. The summed E-state index contributed by atoms with van der Waals surface area (Å²) in [4.78, 5) is 22.0. The molecule has 1 fully saturated rings. The topological polar surface area (TPSA) is 60.2 Å². The number of ketones is 1. The first-order valence-electron chi connectivity index (χ1n) is 5.25. The van der Waals surface area contributed by atoms with Crippen LogP contribution in [-0.4, -0.2) is 16.2 Å². The van der Waals surface area contributed by atoms with Crippen molar-refractivity contribution in [3.63, 3.8) is 0 Å². The number of nitro groups is 1. The van der Waals surface area contributed by atoms with Crippen molar-refractivity contribution in [3.05, 3.63) is 10.1 Å². The summed E-state index contributed by atoms with van der Waals surface area (Å²) in [7, 11) is 0. The Morgan fingerprint density at radius 2 is 1.57 bits per heavy atom. The smallest absolute Gasteiger partial charge is 0.278 e. The largest absolute Gasteiger partial charge is 0.292 e. The quantitative estimate of drug-likeness (QED) is 0.506. The zero-order chi connectivity index (χ0) is 10.6. The number of carbonyl (C=O) groups is 1. The molecular weight excluding hydrogens is 182 g/mol. The molecule has 0 amide bonds. The Kier molecular flexibility index (Phi) is 3.61. The highest BCUT2D eigenvalue weighted by molar-refractivity contribution is 5.84. The van der Waals surface area contributed by atoms with Gasteiger partial charge < -0.3 is 0 Å². The minimum Gasteiger partial charge on any atom is -0.292 e. The lowest BCUT2D eigenvalue weighted by Gasteiger charge is -2.24. The zero-order valence-corrected chi connectivity index (χ0v) is 8.62. The Labute approximate surface area is 83.8 Å². The lowest BCUT2D eigenvalue weighted by Crippen LogP contribution is -2.45. The number of carbonyl (C=O) groups excluding carboxylic acids is 1. The van der Waals surface area contributed by atoms with E-state index < -0.39 is 5.54 Å². The summed E-state index contributed by atoms with van der Waals surface area (Å²) in [6.45, 7) is 1.35. The Morgan fingerprint density at radius 1 is 1.14 bits per heavy atom. The lowest BCUT2D eigenvalue weighted by molar-refractivity contribution is -0.554. The molecule has 1 rings (SSSR count). The van der Waals surface area contributed by atoms with E-state index >= 15 is 0 Å². The molecule has 0 saturated heterocycles. The van der Waals surface area contributed by atoms with Crippen LogP contribution >= 0.6 is 0 Å². The van der Waals surface area contributed by atoms with Crippen LogP contribution in [0.25, 0.3) is 0 Å². The highest BCUT2D eigenvalue weighted by Crippen LogP contribution is 2.29. The summed E-state index contributed by atoms with van der Waals surface area (Å²) >= 11 is 0. The van der Waals surface area contributed by atoms with Gasteiger partial charge in [-0.05, 0) is 12.8 Å². The van der Waals surface area contributed by atoms with Gasteiger partial charge in [-0.15, -0.1) is 0 Å². The lowest BCUT2D eigenvalue weighted by atomic mass is 9.82. The van der Waals surface area contributed by atoms with Gasteiger partial charge in [0, 0.05) is 24.7 Å². The van der Waals surface area contributed by atoms with Gasteiger partial charge in [-0.25, -0.2) is 0 Å². The SMILES string of the molecule is CC(=O)C1([N+](=O)[O-])CCCCCCC1. The van der Waals surface area contributed by atoms with Crippen molar-refractivity contribution in [2.24, 2.45) is 0 Å². The van der Waals surface area contributed by atoms with Gasteiger partial charge in [-0.2, -0.15) is 0 Å². The van der Waals surface area contributed by atoms with E-state index in [0.717, 1.165) is 32.1 Å². The number of Topliss-reactive ketones (excluding diaryl/α,β-unsaturated/α-hetero) is 1. The van der Waals surface area contributed by atoms with Crippen molar-refractivity contribution in [1.82, 2.24) is 0 Å². The summed E-state index contributed by atoms with van der Waals surface area (Å²) in [6, 6.07) is 0. The number of rotatable bonds is 2. The minimum atomic E-state index is -1.26. The Hall–Kier alpha value is -0.930. The third kappa shape index (κ3) is 2.11. The predicted octanol–water partition coefficient (Wildman–Crippen LogP) is 2.34. The highest BCUT2D eigenvalue weighted by atomic mass is 16.6. The minimum absolute atomic E-state index is 0.274. The van der Waals surface area contributed by atoms with E-state index in [1.165, 1.54) is 6.92 Å². The molecule has 14 heavy (non-hydrogen) atoms. The molecule has 0 aromatic rings. The predicted molar refractivity (Wildman–Crippen MR) is 52.7 cm³/mol. The van der Waals surface area contributed by atoms with Crippen LogP contribution in [0.2, 0.25) is 0 Å². The summed E-state index contributed by atoms with van der Waals surface area (Å²) in [6.07, 6.45) is 5.64. The molecule has 0 N–H and O–H groups in total. The first-order valence-corrected chi connectivity index (χ1v) is 5.25. The zero-order valence-electron chi connectivity index (χ0n) is 8.62. The second kappa shape index (κ2) is 4.53. The van der Waals surface area contributed by atoms with E-state index in [0.29, 0.717) is 12.8 Å². The first kappa shape index (κ1) is 11.1. The molecular formula is C10H17NO3. The van der Waals surface area contributed by atoms with Crippen molar-refractivity contribution in [3.8, 4) is 0 Å². The average Bonchev–Trinajstić information content (AvgIpc) is 2.02. The number of nitrogens with zero attached hydrogens (tertiary/aromatic N) is 1. The maximum atomic E-state index is 11.4. The molecule has 4 nitrogen and oxygen atoms in total. The van der Waals surface area contributed by atoms with Gasteiger partial charge in [-0.1, -0.05) is 19.3 Å². The van der Waals surface area contributed by atoms with E-state index in [9.17, 15) is 14.9 Å².